The minimum absolute atomic E-state index is 0.110. The zero-order valence-electron chi connectivity index (χ0n) is 8.80. The summed E-state index contributed by atoms with van der Waals surface area (Å²) in [5.74, 6) is 0. The van der Waals surface area contributed by atoms with Gasteiger partial charge in [-0.3, -0.25) is 0 Å². The summed E-state index contributed by atoms with van der Waals surface area (Å²) < 4.78 is 5.68. The van der Waals surface area contributed by atoms with Crippen molar-refractivity contribution in [2.45, 2.75) is 37.9 Å². The molecule has 0 spiro atoms. The Bertz CT molecular complexity index is 276. The largest absolute Gasteiger partial charge is 0.393 e. The highest BCUT2D eigenvalue weighted by atomic mass is 16.5. The fourth-order valence-electron chi connectivity index (χ4n) is 1.89. The smallest absolute Gasteiger partial charge is 0.113 e. The minimum Gasteiger partial charge on any atom is -0.393 e. The van der Waals surface area contributed by atoms with Gasteiger partial charge in [0.2, 0.25) is 0 Å². The Hall–Kier alpha value is -0.860. The van der Waals surface area contributed by atoms with Crippen molar-refractivity contribution in [2.24, 2.45) is 0 Å². The van der Waals surface area contributed by atoms with E-state index in [0.29, 0.717) is 0 Å². The van der Waals surface area contributed by atoms with E-state index >= 15 is 0 Å². The number of rotatable bonds is 3. The van der Waals surface area contributed by atoms with E-state index in [-0.39, 0.29) is 12.2 Å². The van der Waals surface area contributed by atoms with Crippen molar-refractivity contribution >= 4 is 0 Å². The van der Waals surface area contributed by atoms with Gasteiger partial charge in [-0.1, -0.05) is 30.3 Å². The summed E-state index contributed by atoms with van der Waals surface area (Å²) in [6.45, 7) is 1.82. The van der Waals surface area contributed by atoms with Gasteiger partial charge >= 0.3 is 0 Å². The van der Waals surface area contributed by atoms with Crippen molar-refractivity contribution in [1.29, 1.82) is 0 Å². The fraction of sp³-hybridized carbons (Fsp3) is 0.462. The molecule has 2 nitrogen and oxygen atoms in total. The molecule has 0 unspecified atom stereocenters. The second-order valence-corrected chi connectivity index (χ2v) is 4.10. The summed E-state index contributed by atoms with van der Waals surface area (Å²) in [6, 6.07) is 10.0. The second-order valence-electron chi connectivity index (χ2n) is 4.10. The topological polar surface area (TPSA) is 29.5 Å². The number of aliphatic hydroxyl groups excluding tert-OH is 1. The maximum atomic E-state index is 9.35. The molecule has 0 saturated heterocycles. The SMILES string of the molecule is OC1CCC(O[CH]c2ccccc2)CC1. The highest BCUT2D eigenvalue weighted by Crippen LogP contribution is 2.22. The predicted molar refractivity (Wildman–Crippen MR) is 59.2 cm³/mol. The lowest BCUT2D eigenvalue weighted by Crippen LogP contribution is -2.23. The second kappa shape index (κ2) is 5.29. The zero-order chi connectivity index (χ0) is 10.5. The lowest BCUT2D eigenvalue weighted by molar-refractivity contribution is 0.0309. The van der Waals surface area contributed by atoms with E-state index in [1.165, 1.54) is 0 Å². The van der Waals surface area contributed by atoms with E-state index < -0.39 is 0 Å². The molecule has 0 heterocycles. The van der Waals surface area contributed by atoms with Gasteiger partial charge in [-0.05, 0) is 31.2 Å². The van der Waals surface area contributed by atoms with E-state index in [2.05, 4.69) is 0 Å². The van der Waals surface area contributed by atoms with Crippen LogP contribution in [0.4, 0.5) is 0 Å². The molecule has 1 aromatic rings. The average molecular weight is 205 g/mol. The van der Waals surface area contributed by atoms with Crippen molar-refractivity contribution in [3.63, 3.8) is 0 Å². The fourth-order valence-corrected chi connectivity index (χ4v) is 1.89. The molecule has 1 aliphatic rings. The molecule has 15 heavy (non-hydrogen) atoms. The number of hydrogen-bond donors (Lipinski definition) is 1. The van der Waals surface area contributed by atoms with Gasteiger partial charge < -0.3 is 9.84 Å². The monoisotopic (exact) mass is 205 g/mol. The third kappa shape index (κ3) is 3.33. The van der Waals surface area contributed by atoms with Gasteiger partial charge in [-0.25, -0.2) is 0 Å². The highest BCUT2D eigenvalue weighted by Gasteiger charge is 2.19. The van der Waals surface area contributed by atoms with E-state index in [9.17, 15) is 5.11 Å². The van der Waals surface area contributed by atoms with Gasteiger partial charge in [0.25, 0.3) is 0 Å². The maximum absolute atomic E-state index is 9.35. The summed E-state index contributed by atoms with van der Waals surface area (Å²) in [5.41, 5.74) is 1.10. The molecule has 0 atom stereocenters. The number of benzene rings is 1. The van der Waals surface area contributed by atoms with E-state index in [0.717, 1.165) is 31.2 Å². The summed E-state index contributed by atoms with van der Waals surface area (Å²) in [4.78, 5) is 0. The Morgan fingerprint density at radius 1 is 1.07 bits per heavy atom. The van der Waals surface area contributed by atoms with Crippen molar-refractivity contribution < 1.29 is 9.84 Å². The van der Waals surface area contributed by atoms with Gasteiger partial charge in [0.1, 0.15) is 6.61 Å². The number of aliphatic hydroxyl groups is 1. The van der Waals surface area contributed by atoms with E-state index in [1.807, 2.05) is 36.9 Å². The molecule has 1 radical (unpaired) electrons. The first kappa shape index (κ1) is 10.7. The molecule has 0 aliphatic heterocycles. The summed E-state index contributed by atoms with van der Waals surface area (Å²) >= 11 is 0. The van der Waals surface area contributed by atoms with Gasteiger partial charge in [0.05, 0.1) is 12.2 Å². The van der Waals surface area contributed by atoms with Crippen LogP contribution in [0.1, 0.15) is 31.2 Å². The third-order valence-corrected chi connectivity index (χ3v) is 2.84. The first-order valence-electron chi connectivity index (χ1n) is 5.56. The Kier molecular flexibility index (Phi) is 3.75. The molecule has 1 aliphatic carbocycles. The van der Waals surface area contributed by atoms with Crippen molar-refractivity contribution in [3.8, 4) is 0 Å². The lowest BCUT2D eigenvalue weighted by Gasteiger charge is -2.25. The Morgan fingerprint density at radius 3 is 2.40 bits per heavy atom. The zero-order valence-corrected chi connectivity index (χ0v) is 8.80. The Morgan fingerprint density at radius 2 is 1.73 bits per heavy atom. The van der Waals surface area contributed by atoms with Gasteiger partial charge in [0, 0.05) is 0 Å². The van der Waals surface area contributed by atoms with Crippen LogP contribution in [0.25, 0.3) is 0 Å². The van der Waals surface area contributed by atoms with Gasteiger partial charge in [-0.2, -0.15) is 0 Å². The lowest BCUT2D eigenvalue weighted by atomic mass is 9.95. The molecule has 0 amide bonds. The molecule has 1 N–H and O–H groups in total. The summed E-state index contributed by atoms with van der Waals surface area (Å²) in [6.07, 6.45) is 3.84. The minimum atomic E-state index is -0.110. The van der Waals surface area contributed by atoms with Crippen LogP contribution in [0.15, 0.2) is 30.3 Å². The van der Waals surface area contributed by atoms with Crippen molar-refractivity contribution in [2.75, 3.05) is 0 Å². The van der Waals surface area contributed by atoms with E-state index in [4.69, 9.17) is 4.74 Å². The summed E-state index contributed by atoms with van der Waals surface area (Å²) in [7, 11) is 0. The number of hydrogen-bond acceptors (Lipinski definition) is 2. The molecule has 0 bridgehead atoms. The van der Waals surface area contributed by atoms with Gasteiger partial charge in [0.15, 0.2) is 0 Å². The van der Waals surface area contributed by atoms with Crippen LogP contribution in [0, 0.1) is 6.61 Å². The third-order valence-electron chi connectivity index (χ3n) is 2.84. The molecular weight excluding hydrogens is 188 g/mol. The average Bonchev–Trinajstić information content (AvgIpc) is 2.30. The molecule has 1 saturated carbocycles. The molecule has 81 valence electrons. The number of ether oxygens (including phenoxy) is 1. The molecule has 0 aromatic heterocycles. The van der Waals surface area contributed by atoms with Gasteiger partial charge in [-0.15, -0.1) is 0 Å². The van der Waals surface area contributed by atoms with Crippen molar-refractivity contribution in [1.82, 2.24) is 0 Å². The Labute approximate surface area is 90.9 Å². The first-order valence-corrected chi connectivity index (χ1v) is 5.56. The van der Waals surface area contributed by atoms with Crippen LogP contribution < -0.4 is 0 Å². The first-order chi connectivity index (χ1) is 7.34. The molecular formula is C13H17O2. The quantitative estimate of drug-likeness (QED) is 0.821. The van der Waals surface area contributed by atoms with Crippen LogP contribution in [-0.2, 0) is 4.74 Å². The van der Waals surface area contributed by atoms with Crippen LogP contribution >= 0.6 is 0 Å². The normalized spacial score (nSPS) is 26.5. The standard InChI is InChI=1S/C13H17O2/c14-12-6-8-13(9-7-12)15-10-11-4-2-1-3-5-11/h1-5,10,12-14H,6-9H2. The van der Waals surface area contributed by atoms with Crippen LogP contribution in [-0.4, -0.2) is 17.3 Å². The van der Waals surface area contributed by atoms with Crippen LogP contribution in [0.2, 0.25) is 0 Å². The molecule has 2 heteroatoms. The van der Waals surface area contributed by atoms with Crippen molar-refractivity contribution in [3.05, 3.63) is 42.5 Å². The molecule has 1 aromatic carbocycles. The molecule has 1 fully saturated rings. The van der Waals surface area contributed by atoms with E-state index in [1.54, 1.807) is 0 Å². The molecule has 2 rings (SSSR count). The summed E-state index contributed by atoms with van der Waals surface area (Å²) in [5, 5.41) is 9.35. The van der Waals surface area contributed by atoms with Crippen LogP contribution in [0.5, 0.6) is 0 Å². The Balaban J connectivity index is 1.74. The highest BCUT2D eigenvalue weighted by molar-refractivity contribution is 5.19. The van der Waals surface area contributed by atoms with Crippen LogP contribution in [0.3, 0.4) is 0 Å². The maximum Gasteiger partial charge on any atom is 0.113 e. The predicted octanol–water partition coefficient (Wildman–Crippen LogP) is 2.52.